The molecule has 11 atom stereocenters. The third-order valence-electron chi connectivity index (χ3n) is 13.9. The highest BCUT2D eigenvalue weighted by Gasteiger charge is 2.70. The number of carboxylic acid groups (broad SMARTS) is 1. The summed E-state index contributed by atoms with van der Waals surface area (Å²) in [7, 11) is 0. The molecule has 5 rings (SSSR count). The molecule has 33 heavy (non-hydrogen) atoms. The van der Waals surface area contributed by atoms with Crippen LogP contribution in [0, 0.1) is 62.6 Å². The maximum absolute atomic E-state index is 12.1. The van der Waals surface area contributed by atoms with Crippen molar-refractivity contribution in [1.29, 1.82) is 0 Å². The topological polar surface area (TPSA) is 57.5 Å². The van der Waals surface area contributed by atoms with Crippen molar-refractivity contribution in [3.05, 3.63) is 0 Å². The maximum Gasteiger partial charge on any atom is 0.306 e. The van der Waals surface area contributed by atoms with Gasteiger partial charge in [-0.25, -0.2) is 0 Å². The van der Waals surface area contributed by atoms with Gasteiger partial charge in [-0.3, -0.25) is 4.79 Å². The number of fused-ring (bicyclic) bond motifs is 7. The molecule has 3 nitrogen and oxygen atoms in total. The first-order chi connectivity index (χ1) is 15.2. The van der Waals surface area contributed by atoms with Crippen LogP contribution < -0.4 is 0 Å². The fraction of sp³-hybridized carbons (Fsp3) is 0.967. The van der Waals surface area contributed by atoms with Gasteiger partial charge in [0.1, 0.15) is 0 Å². The van der Waals surface area contributed by atoms with E-state index in [1.165, 1.54) is 51.4 Å². The van der Waals surface area contributed by atoms with E-state index in [9.17, 15) is 15.0 Å². The summed E-state index contributed by atoms with van der Waals surface area (Å²) in [4.78, 5) is 12.1. The third-order valence-corrected chi connectivity index (χ3v) is 13.9. The number of rotatable bonds is 2. The van der Waals surface area contributed by atoms with Crippen LogP contribution in [0.2, 0.25) is 0 Å². The van der Waals surface area contributed by atoms with E-state index in [1.54, 1.807) is 0 Å². The summed E-state index contributed by atoms with van der Waals surface area (Å²) >= 11 is 0. The zero-order valence-corrected chi connectivity index (χ0v) is 22.4. The number of aliphatic hydroxyl groups is 1. The molecule has 0 bridgehead atoms. The van der Waals surface area contributed by atoms with Crippen LogP contribution in [-0.2, 0) is 4.79 Å². The van der Waals surface area contributed by atoms with Crippen molar-refractivity contribution in [2.45, 2.75) is 119 Å². The molecule has 0 radical (unpaired) electrons. The summed E-state index contributed by atoms with van der Waals surface area (Å²) in [6.45, 7) is 17.0. The van der Waals surface area contributed by atoms with E-state index in [1.807, 2.05) is 6.92 Å². The number of carbonyl (C=O) groups is 1. The van der Waals surface area contributed by atoms with E-state index in [0.29, 0.717) is 45.3 Å². The molecule has 0 unspecified atom stereocenters. The Morgan fingerprint density at radius 3 is 2.15 bits per heavy atom. The highest BCUT2D eigenvalue weighted by molar-refractivity contribution is 5.70. The quantitative estimate of drug-likeness (QED) is 0.461. The maximum atomic E-state index is 12.1. The molecular weight excluding hydrogens is 408 g/mol. The molecular formula is C30H50O3. The molecule has 3 heteroatoms. The lowest BCUT2D eigenvalue weighted by Gasteiger charge is -2.73. The summed E-state index contributed by atoms with van der Waals surface area (Å²) in [5, 5.41) is 20.8. The summed E-state index contributed by atoms with van der Waals surface area (Å²) in [5.74, 6) is 2.08. The first kappa shape index (κ1) is 24.1. The Bertz CT molecular complexity index is 819. The van der Waals surface area contributed by atoms with Crippen LogP contribution in [0.5, 0.6) is 0 Å². The van der Waals surface area contributed by atoms with Gasteiger partial charge in [-0.15, -0.1) is 0 Å². The lowest BCUT2D eigenvalue weighted by molar-refractivity contribution is -0.248. The summed E-state index contributed by atoms with van der Waals surface area (Å²) in [5.41, 5.74) is 1.27. The smallest absolute Gasteiger partial charge is 0.306 e. The second-order valence-electron chi connectivity index (χ2n) is 15.1. The Kier molecular flexibility index (Phi) is 5.29. The minimum absolute atomic E-state index is 0.00465. The summed E-state index contributed by atoms with van der Waals surface area (Å²) in [6.07, 6.45) is 12.0. The molecule has 5 aliphatic rings. The fourth-order valence-electron chi connectivity index (χ4n) is 11.7. The van der Waals surface area contributed by atoms with Crippen molar-refractivity contribution in [1.82, 2.24) is 0 Å². The number of carboxylic acids is 1. The standard InChI is InChI=1S/C30H50O3/c1-18(25(32)33)19-10-13-27(4)16-17-29(6)20(24(19)27)8-9-22-28(5)14-12-23(31)26(2,3)21(28)11-15-30(22,29)7/h18-24,31H,8-17H2,1-7H3,(H,32,33)/t18-,19-,20+,21-,22+,23+,24+,27+,28-,29+,30+/m0/s1. The highest BCUT2D eigenvalue weighted by Crippen LogP contribution is 2.77. The van der Waals surface area contributed by atoms with Crippen LogP contribution in [0.15, 0.2) is 0 Å². The SMILES string of the molecule is C[C@H](C(=O)O)[C@@H]1CC[C@]2(C)CC[C@]3(C)[C@H](CC[C@@H]4[C@@]5(C)CC[C@@H](O)C(C)(C)[C@@H]5CC[C@]43C)[C@@H]12. The Morgan fingerprint density at radius 1 is 0.788 bits per heavy atom. The molecule has 188 valence electrons. The van der Waals surface area contributed by atoms with Gasteiger partial charge in [-0.2, -0.15) is 0 Å². The van der Waals surface area contributed by atoms with Crippen LogP contribution in [0.1, 0.15) is 113 Å². The first-order valence-electron chi connectivity index (χ1n) is 14.1. The van der Waals surface area contributed by atoms with Gasteiger partial charge in [0, 0.05) is 0 Å². The van der Waals surface area contributed by atoms with Gasteiger partial charge >= 0.3 is 5.97 Å². The molecule has 0 spiro atoms. The molecule has 0 aromatic carbocycles. The zero-order valence-electron chi connectivity index (χ0n) is 22.4. The minimum Gasteiger partial charge on any atom is -0.481 e. The van der Waals surface area contributed by atoms with Crippen LogP contribution in [0.4, 0.5) is 0 Å². The molecule has 5 saturated carbocycles. The van der Waals surface area contributed by atoms with Gasteiger partial charge in [0.2, 0.25) is 0 Å². The normalized spacial score (nSPS) is 56.1. The lowest BCUT2D eigenvalue weighted by Crippen LogP contribution is -2.66. The van der Waals surface area contributed by atoms with Crippen LogP contribution >= 0.6 is 0 Å². The lowest BCUT2D eigenvalue weighted by atomic mass is 9.32. The van der Waals surface area contributed by atoms with E-state index < -0.39 is 5.97 Å². The molecule has 0 aromatic heterocycles. The number of hydrogen-bond donors (Lipinski definition) is 2. The molecule has 0 aliphatic heterocycles. The molecule has 0 heterocycles. The highest BCUT2D eigenvalue weighted by atomic mass is 16.4. The Balaban J connectivity index is 1.53. The van der Waals surface area contributed by atoms with E-state index in [0.717, 1.165) is 18.8 Å². The number of hydrogen-bond acceptors (Lipinski definition) is 2. The molecule has 2 N–H and O–H groups in total. The average molecular weight is 459 g/mol. The van der Waals surface area contributed by atoms with Crippen LogP contribution in [0.3, 0.4) is 0 Å². The molecule has 0 aromatic rings. The van der Waals surface area contributed by atoms with E-state index >= 15 is 0 Å². The molecule has 0 amide bonds. The largest absolute Gasteiger partial charge is 0.481 e. The van der Waals surface area contributed by atoms with Gasteiger partial charge in [-0.05, 0) is 121 Å². The van der Waals surface area contributed by atoms with Crippen molar-refractivity contribution in [3.63, 3.8) is 0 Å². The van der Waals surface area contributed by atoms with Gasteiger partial charge in [0.15, 0.2) is 0 Å². The van der Waals surface area contributed by atoms with Crippen molar-refractivity contribution >= 4 is 5.97 Å². The van der Waals surface area contributed by atoms with Crippen molar-refractivity contribution < 1.29 is 15.0 Å². The predicted molar refractivity (Wildman–Crippen MR) is 133 cm³/mol. The minimum atomic E-state index is -0.590. The van der Waals surface area contributed by atoms with E-state index in [-0.39, 0.29) is 17.4 Å². The second kappa shape index (κ2) is 7.23. The fourth-order valence-corrected chi connectivity index (χ4v) is 11.7. The number of aliphatic hydroxyl groups excluding tert-OH is 1. The monoisotopic (exact) mass is 458 g/mol. The molecule has 0 saturated heterocycles. The van der Waals surface area contributed by atoms with Crippen LogP contribution in [0.25, 0.3) is 0 Å². The van der Waals surface area contributed by atoms with E-state index in [4.69, 9.17) is 0 Å². The Labute approximate surface area is 202 Å². The van der Waals surface area contributed by atoms with Crippen molar-refractivity contribution in [2.24, 2.45) is 62.6 Å². The first-order valence-corrected chi connectivity index (χ1v) is 14.1. The average Bonchev–Trinajstić information content (AvgIpc) is 3.08. The molecule has 5 aliphatic carbocycles. The molecule has 5 fully saturated rings. The van der Waals surface area contributed by atoms with Crippen molar-refractivity contribution in [3.8, 4) is 0 Å². The number of aliphatic carboxylic acids is 1. The zero-order chi connectivity index (χ0) is 24.2. The van der Waals surface area contributed by atoms with E-state index in [2.05, 4.69) is 41.5 Å². The summed E-state index contributed by atoms with van der Waals surface area (Å²) in [6, 6.07) is 0. The van der Waals surface area contributed by atoms with Gasteiger partial charge < -0.3 is 10.2 Å². The predicted octanol–water partition coefficient (Wildman–Crippen LogP) is 7.17. The van der Waals surface area contributed by atoms with Gasteiger partial charge in [0.25, 0.3) is 0 Å². The van der Waals surface area contributed by atoms with Gasteiger partial charge in [0.05, 0.1) is 12.0 Å². The summed E-state index contributed by atoms with van der Waals surface area (Å²) < 4.78 is 0. The van der Waals surface area contributed by atoms with Gasteiger partial charge in [-0.1, -0.05) is 48.5 Å². The Morgan fingerprint density at radius 2 is 1.48 bits per heavy atom. The Hall–Kier alpha value is -0.570. The second-order valence-corrected chi connectivity index (χ2v) is 15.1. The van der Waals surface area contributed by atoms with Crippen LogP contribution in [-0.4, -0.2) is 22.3 Å². The third kappa shape index (κ3) is 2.93. The van der Waals surface area contributed by atoms with Crippen molar-refractivity contribution in [2.75, 3.05) is 0 Å².